The lowest BCUT2D eigenvalue weighted by Gasteiger charge is -2.06. The Morgan fingerprint density at radius 1 is 1.47 bits per heavy atom. The molecule has 0 radical (unpaired) electrons. The van der Waals surface area contributed by atoms with E-state index in [0.717, 1.165) is 12.0 Å². The summed E-state index contributed by atoms with van der Waals surface area (Å²) in [7, 11) is 0. The number of hydrogen-bond acceptors (Lipinski definition) is 3. The monoisotopic (exact) mass is 209 g/mol. The largest absolute Gasteiger partial charge is 0.493 e. The van der Waals surface area contributed by atoms with Gasteiger partial charge in [-0.15, -0.1) is 0 Å². The van der Waals surface area contributed by atoms with E-state index in [2.05, 4.69) is 0 Å². The molecule has 1 aromatic rings. The van der Waals surface area contributed by atoms with Crippen LogP contribution in [0.5, 0.6) is 5.75 Å². The van der Waals surface area contributed by atoms with Gasteiger partial charge in [-0.05, 0) is 30.7 Å². The summed E-state index contributed by atoms with van der Waals surface area (Å²) in [5.41, 5.74) is 6.53. The van der Waals surface area contributed by atoms with Crippen LogP contribution in [0.1, 0.15) is 12.0 Å². The van der Waals surface area contributed by atoms with Crippen LogP contribution in [0.15, 0.2) is 24.3 Å². The molecule has 4 heteroatoms. The van der Waals surface area contributed by atoms with E-state index >= 15 is 0 Å². The molecule has 0 aliphatic heterocycles. The summed E-state index contributed by atoms with van der Waals surface area (Å²) in [4.78, 5) is 10.3. The molecule has 0 atom stereocenters. The number of carboxylic acid groups (broad SMARTS) is 1. The molecular formula is C11H15NO3. The zero-order chi connectivity index (χ0) is 11.1. The van der Waals surface area contributed by atoms with Gasteiger partial charge in [0, 0.05) is 0 Å². The van der Waals surface area contributed by atoms with Crippen molar-refractivity contribution in [2.45, 2.75) is 12.8 Å². The van der Waals surface area contributed by atoms with Crippen LogP contribution in [0.25, 0.3) is 0 Å². The first-order chi connectivity index (χ1) is 7.22. The molecule has 0 spiro atoms. The Balaban J connectivity index is 2.46. The predicted octanol–water partition coefficient (Wildman–Crippen LogP) is 1.04. The minimum Gasteiger partial charge on any atom is -0.493 e. The Bertz CT molecular complexity index is 325. The van der Waals surface area contributed by atoms with Gasteiger partial charge in [0.15, 0.2) is 0 Å². The maximum Gasteiger partial charge on any atom is 0.306 e. The summed E-state index contributed by atoms with van der Waals surface area (Å²) in [5.74, 6) is -0.157. The van der Waals surface area contributed by atoms with Gasteiger partial charge in [-0.25, -0.2) is 0 Å². The average Bonchev–Trinajstić information content (AvgIpc) is 2.18. The zero-order valence-corrected chi connectivity index (χ0v) is 8.48. The van der Waals surface area contributed by atoms with E-state index in [4.69, 9.17) is 15.6 Å². The fourth-order valence-corrected chi connectivity index (χ4v) is 1.21. The van der Waals surface area contributed by atoms with Gasteiger partial charge in [0.1, 0.15) is 5.75 Å². The van der Waals surface area contributed by atoms with Crippen molar-refractivity contribution in [3.63, 3.8) is 0 Å². The SMILES string of the molecule is NCCc1cccc(OCCC(=O)O)c1. The summed E-state index contributed by atoms with van der Waals surface area (Å²) in [6.45, 7) is 0.792. The van der Waals surface area contributed by atoms with E-state index in [1.165, 1.54) is 0 Å². The summed E-state index contributed by atoms with van der Waals surface area (Å²) in [6.07, 6.45) is 0.817. The molecule has 0 saturated heterocycles. The van der Waals surface area contributed by atoms with Crippen molar-refractivity contribution in [3.05, 3.63) is 29.8 Å². The molecule has 0 amide bonds. The van der Waals surface area contributed by atoms with Crippen molar-refractivity contribution in [1.29, 1.82) is 0 Å². The third kappa shape index (κ3) is 4.46. The fraction of sp³-hybridized carbons (Fsp3) is 0.364. The smallest absolute Gasteiger partial charge is 0.306 e. The van der Waals surface area contributed by atoms with Crippen LogP contribution in [-0.4, -0.2) is 24.2 Å². The number of ether oxygens (including phenoxy) is 1. The molecule has 4 nitrogen and oxygen atoms in total. The first-order valence-corrected chi connectivity index (χ1v) is 4.86. The number of rotatable bonds is 6. The summed E-state index contributed by atoms with van der Waals surface area (Å²) >= 11 is 0. The highest BCUT2D eigenvalue weighted by atomic mass is 16.5. The highest BCUT2D eigenvalue weighted by Crippen LogP contribution is 2.13. The van der Waals surface area contributed by atoms with Crippen molar-refractivity contribution in [2.75, 3.05) is 13.2 Å². The fourth-order valence-electron chi connectivity index (χ4n) is 1.21. The van der Waals surface area contributed by atoms with Gasteiger partial charge in [0.05, 0.1) is 13.0 Å². The molecule has 82 valence electrons. The molecule has 0 aliphatic carbocycles. The average molecular weight is 209 g/mol. The lowest BCUT2D eigenvalue weighted by Crippen LogP contribution is -2.06. The minimum absolute atomic E-state index is 0.0150. The van der Waals surface area contributed by atoms with E-state index in [-0.39, 0.29) is 13.0 Å². The van der Waals surface area contributed by atoms with Gasteiger partial charge in [-0.3, -0.25) is 4.79 Å². The number of hydrogen-bond donors (Lipinski definition) is 2. The molecule has 3 N–H and O–H groups in total. The summed E-state index contributed by atoms with van der Waals surface area (Å²) in [6, 6.07) is 7.54. The third-order valence-corrected chi connectivity index (χ3v) is 1.92. The molecule has 0 bridgehead atoms. The predicted molar refractivity (Wildman–Crippen MR) is 56.9 cm³/mol. The van der Waals surface area contributed by atoms with E-state index in [1.54, 1.807) is 0 Å². The summed E-state index contributed by atoms with van der Waals surface area (Å²) < 4.78 is 5.28. The van der Waals surface area contributed by atoms with Crippen LogP contribution < -0.4 is 10.5 Å². The topological polar surface area (TPSA) is 72.5 Å². The van der Waals surface area contributed by atoms with Crippen LogP contribution in [0.3, 0.4) is 0 Å². The van der Waals surface area contributed by atoms with Crippen LogP contribution in [-0.2, 0) is 11.2 Å². The number of aliphatic carboxylic acids is 1. The number of benzene rings is 1. The first kappa shape index (κ1) is 11.5. The summed E-state index contributed by atoms with van der Waals surface area (Å²) in [5, 5.41) is 8.43. The Hall–Kier alpha value is -1.55. The quantitative estimate of drug-likeness (QED) is 0.734. The molecular weight excluding hydrogens is 194 g/mol. The van der Waals surface area contributed by atoms with Gasteiger partial charge in [-0.1, -0.05) is 12.1 Å². The third-order valence-electron chi connectivity index (χ3n) is 1.92. The van der Waals surface area contributed by atoms with Gasteiger partial charge < -0.3 is 15.6 Å². The van der Waals surface area contributed by atoms with Crippen molar-refractivity contribution in [1.82, 2.24) is 0 Å². The van der Waals surface area contributed by atoms with Crippen LogP contribution >= 0.6 is 0 Å². The van der Waals surface area contributed by atoms with Crippen molar-refractivity contribution >= 4 is 5.97 Å². The molecule has 0 saturated carbocycles. The number of carboxylic acids is 1. The van der Waals surface area contributed by atoms with Gasteiger partial charge >= 0.3 is 5.97 Å². The molecule has 0 unspecified atom stereocenters. The lowest BCUT2D eigenvalue weighted by atomic mass is 10.1. The van der Waals surface area contributed by atoms with E-state index < -0.39 is 5.97 Å². The standard InChI is InChI=1S/C11H15NO3/c12-6-4-9-2-1-3-10(8-9)15-7-5-11(13)14/h1-3,8H,4-7,12H2,(H,13,14). The van der Waals surface area contributed by atoms with Gasteiger partial charge in [-0.2, -0.15) is 0 Å². The Morgan fingerprint density at radius 3 is 2.93 bits per heavy atom. The lowest BCUT2D eigenvalue weighted by molar-refractivity contribution is -0.137. The normalized spacial score (nSPS) is 9.93. The highest BCUT2D eigenvalue weighted by Gasteiger charge is 1.99. The molecule has 0 fully saturated rings. The second kappa shape index (κ2) is 6.03. The molecule has 1 rings (SSSR count). The van der Waals surface area contributed by atoms with Gasteiger partial charge in [0.2, 0.25) is 0 Å². The Labute approximate surface area is 88.7 Å². The van der Waals surface area contributed by atoms with E-state index in [9.17, 15) is 4.79 Å². The first-order valence-electron chi connectivity index (χ1n) is 4.86. The highest BCUT2D eigenvalue weighted by molar-refractivity contribution is 5.66. The van der Waals surface area contributed by atoms with E-state index in [1.807, 2.05) is 24.3 Å². The second-order valence-corrected chi connectivity index (χ2v) is 3.18. The van der Waals surface area contributed by atoms with Crippen LogP contribution in [0, 0.1) is 0 Å². The minimum atomic E-state index is -0.854. The Kier molecular flexibility index (Phi) is 4.63. The molecule has 15 heavy (non-hydrogen) atoms. The van der Waals surface area contributed by atoms with Crippen molar-refractivity contribution < 1.29 is 14.6 Å². The van der Waals surface area contributed by atoms with Crippen molar-refractivity contribution in [2.24, 2.45) is 5.73 Å². The van der Waals surface area contributed by atoms with Crippen LogP contribution in [0.4, 0.5) is 0 Å². The molecule has 0 aliphatic rings. The van der Waals surface area contributed by atoms with E-state index in [0.29, 0.717) is 12.3 Å². The maximum absolute atomic E-state index is 10.3. The van der Waals surface area contributed by atoms with Crippen LogP contribution in [0.2, 0.25) is 0 Å². The Morgan fingerprint density at radius 2 is 2.27 bits per heavy atom. The zero-order valence-electron chi connectivity index (χ0n) is 8.48. The maximum atomic E-state index is 10.3. The molecule has 0 aromatic heterocycles. The number of nitrogens with two attached hydrogens (primary N) is 1. The molecule has 1 aromatic carbocycles. The van der Waals surface area contributed by atoms with Gasteiger partial charge in [0.25, 0.3) is 0 Å². The second-order valence-electron chi connectivity index (χ2n) is 3.18. The number of carbonyl (C=O) groups is 1. The van der Waals surface area contributed by atoms with Crippen molar-refractivity contribution in [3.8, 4) is 5.75 Å². The molecule has 0 heterocycles.